The predicted octanol–water partition coefficient (Wildman–Crippen LogP) is 4.20. The Balaban J connectivity index is 1.84. The minimum Gasteiger partial charge on any atom is -0.293 e. The van der Waals surface area contributed by atoms with Crippen LogP contribution < -0.4 is 5.69 Å². The third-order valence-electron chi connectivity index (χ3n) is 5.75. The van der Waals surface area contributed by atoms with Crippen LogP contribution in [0.2, 0.25) is 5.15 Å². The maximum Gasteiger partial charge on any atom is 0.333 e. The van der Waals surface area contributed by atoms with Crippen LogP contribution in [0, 0.1) is 6.92 Å². The first-order valence-corrected chi connectivity index (χ1v) is 10.4. The first-order chi connectivity index (χ1) is 14.9. The molecule has 0 radical (unpaired) electrons. The lowest BCUT2D eigenvalue weighted by Crippen LogP contribution is -2.20. The van der Waals surface area contributed by atoms with Gasteiger partial charge in [-0.1, -0.05) is 24.6 Å². The van der Waals surface area contributed by atoms with Gasteiger partial charge in [-0.2, -0.15) is 5.10 Å². The number of pyridine rings is 2. The van der Waals surface area contributed by atoms with Crippen LogP contribution in [0.25, 0.3) is 38.8 Å². The van der Waals surface area contributed by atoms with Crippen molar-refractivity contribution in [1.82, 2.24) is 28.9 Å². The average molecular weight is 433 g/mol. The van der Waals surface area contributed by atoms with Gasteiger partial charge in [0.15, 0.2) is 5.15 Å². The van der Waals surface area contributed by atoms with E-state index in [2.05, 4.69) is 41.0 Å². The lowest BCUT2D eigenvalue weighted by molar-refractivity contribution is 0.767. The molecule has 1 aromatic carbocycles. The Morgan fingerprint density at radius 2 is 1.87 bits per heavy atom. The number of fused-ring (bicyclic) bond motifs is 3. The summed E-state index contributed by atoms with van der Waals surface area (Å²) in [6, 6.07) is 8.22. The monoisotopic (exact) mass is 432 g/mol. The molecule has 5 aromatic rings. The quantitative estimate of drug-likeness (QED) is 0.428. The topological polar surface area (TPSA) is 70.5 Å². The molecule has 0 aliphatic rings. The molecule has 31 heavy (non-hydrogen) atoms. The number of imidazole rings is 1. The van der Waals surface area contributed by atoms with E-state index in [4.69, 9.17) is 11.6 Å². The molecule has 0 saturated heterocycles. The second-order valence-corrected chi connectivity index (χ2v) is 8.08. The van der Waals surface area contributed by atoms with E-state index in [0.717, 1.165) is 50.7 Å². The minimum absolute atomic E-state index is 0.200. The van der Waals surface area contributed by atoms with Crippen molar-refractivity contribution >= 4 is 33.5 Å². The second kappa shape index (κ2) is 7.06. The van der Waals surface area contributed by atoms with Crippen molar-refractivity contribution in [2.24, 2.45) is 14.1 Å². The summed E-state index contributed by atoms with van der Waals surface area (Å²) in [5.41, 5.74) is 6.92. The van der Waals surface area contributed by atoms with Crippen LogP contribution in [0.3, 0.4) is 0 Å². The van der Waals surface area contributed by atoms with E-state index in [9.17, 15) is 4.79 Å². The molecular formula is C23H21ClN6O. The van der Waals surface area contributed by atoms with Gasteiger partial charge in [-0.25, -0.2) is 4.79 Å². The standard InChI is InChI=1S/C23H21ClN6O/c1-5-17-13(2)8-15(10-25-17)14-6-7-18-16(9-14)21-19(11-26-18)29(4)23(31)30(21)20-12-28(3)27-22(20)24/h6-12H,5H2,1-4H3. The van der Waals surface area contributed by atoms with Crippen LogP contribution in [-0.4, -0.2) is 28.9 Å². The fourth-order valence-corrected chi connectivity index (χ4v) is 4.38. The van der Waals surface area contributed by atoms with Gasteiger partial charge in [0, 0.05) is 36.9 Å². The van der Waals surface area contributed by atoms with E-state index in [1.165, 1.54) is 0 Å². The Morgan fingerprint density at radius 3 is 2.55 bits per heavy atom. The Bertz CT molecular complexity index is 1540. The van der Waals surface area contributed by atoms with Gasteiger partial charge < -0.3 is 0 Å². The molecule has 0 fully saturated rings. The molecule has 4 heterocycles. The van der Waals surface area contributed by atoms with Crippen molar-refractivity contribution in [1.29, 1.82) is 0 Å². The van der Waals surface area contributed by atoms with Crippen molar-refractivity contribution in [2.75, 3.05) is 0 Å². The van der Waals surface area contributed by atoms with Gasteiger partial charge in [0.1, 0.15) is 5.69 Å². The first kappa shape index (κ1) is 19.5. The molecule has 0 aliphatic heterocycles. The zero-order valence-corrected chi connectivity index (χ0v) is 18.5. The molecule has 7 nitrogen and oxygen atoms in total. The number of rotatable bonds is 3. The average Bonchev–Trinajstić information content (AvgIpc) is 3.22. The van der Waals surface area contributed by atoms with Gasteiger partial charge in [-0.05, 0) is 42.7 Å². The van der Waals surface area contributed by atoms with E-state index >= 15 is 0 Å². The third-order valence-corrected chi connectivity index (χ3v) is 6.01. The van der Waals surface area contributed by atoms with Crippen LogP contribution in [-0.2, 0) is 20.5 Å². The highest BCUT2D eigenvalue weighted by molar-refractivity contribution is 6.31. The van der Waals surface area contributed by atoms with E-state index in [0.29, 0.717) is 5.69 Å². The van der Waals surface area contributed by atoms with Crippen molar-refractivity contribution in [3.05, 3.63) is 69.8 Å². The van der Waals surface area contributed by atoms with Gasteiger partial charge in [0.25, 0.3) is 0 Å². The summed E-state index contributed by atoms with van der Waals surface area (Å²) in [6.45, 7) is 4.18. The minimum atomic E-state index is -0.200. The molecule has 0 atom stereocenters. The molecule has 0 saturated carbocycles. The highest BCUT2D eigenvalue weighted by Crippen LogP contribution is 2.31. The number of aromatic nitrogens is 6. The van der Waals surface area contributed by atoms with Crippen molar-refractivity contribution in [2.45, 2.75) is 20.3 Å². The van der Waals surface area contributed by atoms with Crippen LogP contribution >= 0.6 is 11.6 Å². The molecule has 0 aliphatic carbocycles. The van der Waals surface area contributed by atoms with E-state index in [1.54, 1.807) is 40.3 Å². The normalized spacial score (nSPS) is 11.6. The van der Waals surface area contributed by atoms with E-state index in [-0.39, 0.29) is 10.8 Å². The van der Waals surface area contributed by atoms with Crippen molar-refractivity contribution < 1.29 is 0 Å². The van der Waals surface area contributed by atoms with Crippen LogP contribution in [0.15, 0.2) is 47.7 Å². The number of aryl methyl sites for hydroxylation is 4. The summed E-state index contributed by atoms with van der Waals surface area (Å²) in [7, 11) is 3.51. The van der Waals surface area contributed by atoms with E-state index in [1.807, 2.05) is 18.3 Å². The van der Waals surface area contributed by atoms with Gasteiger partial charge in [0.2, 0.25) is 0 Å². The summed E-state index contributed by atoms with van der Waals surface area (Å²) in [5.74, 6) is 0. The SMILES string of the molecule is CCc1ncc(-c2ccc3ncc4c(c3c2)n(-c2cn(C)nc2Cl)c(=O)n4C)cc1C. The molecule has 0 N–H and O–H groups in total. The molecule has 8 heteroatoms. The Kier molecular flexibility index (Phi) is 4.44. The number of hydrogen-bond donors (Lipinski definition) is 0. The van der Waals surface area contributed by atoms with Crippen LogP contribution in [0.5, 0.6) is 0 Å². The van der Waals surface area contributed by atoms with Crippen LogP contribution in [0.4, 0.5) is 0 Å². The number of nitrogens with zero attached hydrogens (tertiary/aromatic N) is 6. The summed E-state index contributed by atoms with van der Waals surface area (Å²) in [6.07, 6.45) is 6.27. The summed E-state index contributed by atoms with van der Waals surface area (Å²) < 4.78 is 4.79. The van der Waals surface area contributed by atoms with Crippen molar-refractivity contribution in [3.8, 4) is 16.8 Å². The summed E-state index contributed by atoms with van der Waals surface area (Å²) in [4.78, 5) is 22.3. The van der Waals surface area contributed by atoms with Gasteiger partial charge in [0.05, 0.1) is 28.9 Å². The lowest BCUT2D eigenvalue weighted by Gasteiger charge is -2.09. The van der Waals surface area contributed by atoms with Gasteiger partial charge in [-0.15, -0.1) is 0 Å². The first-order valence-electron chi connectivity index (χ1n) is 10.0. The van der Waals surface area contributed by atoms with E-state index < -0.39 is 0 Å². The van der Waals surface area contributed by atoms with Crippen molar-refractivity contribution in [3.63, 3.8) is 0 Å². The molecule has 0 unspecified atom stereocenters. The molecule has 5 rings (SSSR count). The second-order valence-electron chi connectivity index (χ2n) is 7.72. The maximum atomic E-state index is 13.2. The fraction of sp³-hybridized carbons (Fsp3) is 0.217. The molecule has 4 aromatic heterocycles. The zero-order valence-electron chi connectivity index (χ0n) is 17.7. The van der Waals surface area contributed by atoms with Gasteiger partial charge in [-0.3, -0.25) is 23.8 Å². The maximum absolute atomic E-state index is 13.2. The summed E-state index contributed by atoms with van der Waals surface area (Å²) in [5, 5.41) is 5.34. The molecular weight excluding hydrogens is 412 g/mol. The predicted molar refractivity (Wildman–Crippen MR) is 123 cm³/mol. The number of halogens is 1. The highest BCUT2D eigenvalue weighted by Gasteiger charge is 2.20. The molecule has 156 valence electrons. The molecule has 0 amide bonds. The largest absolute Gasteiger partial charge is 0.333 e. The number of hydrogen-bond acceptors (Lipinski definition) is 4. The highest BCUT2D eigenvalue weighted by atomic mass is 35.5. The lowest BCUT2D eigenvalue weighted by atomic mass is 10.0. The third kappa shape index (κ3) is 2.96. The fourth-order valence-electron chi connectivity index (χ4n) is 4.13. The number of benzene rings is 1. The Hall–Kier alpha value is -3.45. The molecule has 0 spiro atoms. The summed E-state index contributed by atoms with van der Waals surface area (Å²) >= 11 is 6.36. The Labute approximate surface area is 183 Å². The zero-order chi connectivity index (χ0) is 21.9. The smallest absolute Gasteiger partial charge is 0.293 e. The van der Waals surface area contributed by atoms with Crippen LogP contribution in [0.1, 0.15) is 18.2 Å². The molecule has 0 bridgehead atoms. The Morgan fingerprint density at radius 1 is 1.06 bits per heavy atom. The van der Waals surface area contributed by atoms with Gasteiger partial charge >= 0.3 is 5.69 Å².